The maximum Gasteiger partial charge on any atom is 0.257 e. The summed E-state index contributed by atoms with van der Waals surface area (Å²) in [5, 5.41) is -1.71. The molecule has 1 aromatic rings. The predicted molar refractivity (Wildman–Crippen MR) is 56.1 cm³/mol. The molecule has 1 rings (SSSR count). The zero-order chi connectivity index (χ0) is 10.6. The van der Waals surface area contributed by atoms with Gasteiger partial charge in [-0.1, -0.05) is 30.3 Å². The second-order valence-corrected chi connectivity index (χ2v) is 3.20. The summed E-state index contributed by atoms with van der Waals surface area (Å²) in [5.74, 6) is 0. The van der Waals surface area contributed by atoms with Crippen LogP contribution < -0.4 is 0 Å². The third kappa shape index (κ3) is 2.98. The van der Waals surface area contributed by atoms with Gasteiger partial charge in [-0.05, 0) is 34.8 Å². The van der Waals surface area contributed by atoms with E-state index in [0.29, 0.717) is 5.56 Å². The van der Waals surface area contributed by atoms with Crippen molar-refractivity contribution in [2.24, 2.45) is 0 Å². The van der Waals surface area contributed by atoms with Crippen LogP contribution in [-0.4, -0.2) is 10.5 Å². The molecule has 0 atom stereocenters. The van der Waals surface area contributed by atoms with Crippen molar-refractivity contribution in [1.82, 2.24) is 0 Å². The van der Waals surface area contributed by atoms with Crippen molar-refractivity contribution >= 4 is 39.8 Å². The van der Waals surface area contributed by atoms with Crippen LogP contribution in [0.1, 0.15) is 5.56 Å². The van der Waals surface area contributed by atoms with Gasteiger partial charge in [-0.3, -0.25) is 9.59 Å². The summed E-state index contributed by atoms with van der Waals surface area (Å²) >= 11 is 10.4. The Hall–Kier alpha value is -1.12. The number of halogens is 2. The van der Waals surface area contributed by atoms with E-state index >= 15 is 0 Å². The minimum atomic E-state index is -0.853. The number of carbonyl (C=O) groups excluding carboxylic acids is 2. The Balaban J connectivity index is 3.06. The average Bonchev–Trinajstić information content (AvgIpc) is 2.15. The van der Waals surface area contributed by atoms with Gasteiger partial charge in [0.25, 0.3) is 10.5 Å². The highest BCUT2D eigenvalue weighted by Crippen LogP contribution is 2.11. The molecule has 0 saturated carbocycles. The van der Waals surface area contributed by atoms with E-state index in [9.17, 15) is 9.59 Å². The molecule has 0 N–H and O–H groups in total. The molecule has 0 bridgehead atoms. The van der Waals surface area contributed by atoms with Gasteiger partial charge in [0.2, 0.25) is 0 Å². The number of allylic oxidation sites excluding steroid dienone is 1. The van der Waals surface area contributed by atoms with Crippen LogP contribution in [0.3, 0.4) is 0 Å². The summed E-state index contributed by atoms with van der Waals surface area (Å²) in [5.41, 5.74) is 0.477. The predicted octanol–water partition coefficient (Wildman–Crippen LogP) is 2.60. The summed E-state index contributed by atoms with van der Waals surface area (Å²) in [4.78, 5) is 21.6. The molecule has 0 unspecified atom stereocenters. The second-order valence-electron chi connectivity index (χ2n) is 2.52. The quantitative estimate of drug-likeness (QED) is 0.345. The van der Waals surface area contributed by atoms with Crippen molar-refractivity contribution in [2.75, 3.05) is 0 Å². The molecule has 72 valence electrons. The molecule has 0 aliphatic heterocycles. The summed E-state index contributed by atoms with van der Waals surface area (Å²) < 4.78 is 0. The highest BCUT2D eigenvalue weighted by molar-refractivity contribution is 6.80. The molecule has 4 heteroatoms. The van der Waals surface area contributed by atoms with Crippen LogP contribution in [0.25, 0.3) is 6.08 Å². The molecule has 0 aliphatic carbocycles. The fourth-order valence-electron chi connectivity index (χ4n) is 0.907. The molecule has 0 saturated heterocycles. The van der Waals surface area contributed by atoms with Crippen LogP contribution in [-0.2, 0) is 9.59 Å². The molecule has 0 fully saturated rings. The lowest BCUT2D eigenvalue weighted by Crippen LogP contribution is -2.01. The molecule has 0 aromatic heterocycles. The van der Waals surface area contributed by atoms with E-state index in [1.807, 2.05) is 6.07 Å². The number of rotatable bonds is 3. The SMILES string of the molecule is O=C(Cl)C(=Cc1ccccc1)C(=O)Cl. The molecule has 0 spiro atoms. The lowest BCUT2D eigenvalue weighted by molar-refractivity contribution is -0.113. The first-order chi connectivity index (χ1) is 6.61. The summed E-state index contributed by atoms with van der Waals surface area (Å²) in [6.45, 7) is 0. The van der Waals surface area contributed by atoms with Crippen molar-refractivity contribution in [3.05, 3.63) is 41.5 Å². The number of hydrogen-bond acceptors (Lipinski definition) is 2. The number of carbonyl (C=O) groups is 2. The standard InChI is InChI=1S/C10H6Cl2O2/c11-9(13)8(10(12)14)6-7-4-2-1-3-5-7/h1-6H. The zero-order valence-electron chi connectivity index (χ0n) is 7.04. The summed E-state index contributed by atoms with van der Waals surface area (Å²) in [6, 6.07) is 8.85. The van der Waals surface area contributed by atoms with Crippen LogP contribution in [0.15, 0.2) is 35.9 Å². The Labute approximate surface area is 91.1 Å². The van der Waals surface area contributed by atoms with E-state index in [4.69, 9.17) is 23.2 Å². The van der Waals surface area contributed by atoms with Crippen LogP contribution in [0, 0.1) is 0 Å². The summed E-state index contributed by atoms with van der Waals surface area (Å²) in [7, 11) is 0. The monoisotopic (exact) mass is 228 g/mol. The minimum Gasteiger partial charge on any atom is -0.275 e. The highest BCUT2D eigenvalue weighted by Gasteiger charge is 2.13. The molecule has 0 heterocycles. The maximum absolute atomic E-state index is 10.8. The Morgan fingerprint density at radius 1 is 1.00 bits per heavy atom. The zero-order valence-corrected chi connectivity index (χ0v) is 8.55. The topological polar surface area (TPSA) is 34.1 Å². The molecule has 0 amide bonds. The van der Waals surface area contributed by atoms with Gasteiger partial charge in [-0.2, -0.15) is 0 Å². The fraction of sp³-hybridized carbons (Fsp3) is 0. The average molecular weight is 229 g/mol. The largest absolute Gasteiger partial charge is 0.275 e. The van der Waals surface area contributed by atoms with Crippen LogP contribution in [0.4, 0.5) is 0 Å². The fourth-order valence-corrected chi connectivity index (χ4v) is 1.24. The van der Waals surface area contributed by atoms with Crippen LogP contribution >= 0.6 is 23.2 Å². The van der Waals surface area contributed by atoms with Gasteiger partial charge < -0.3 is 0 Å². The molecular formula is C10H6Cl2O2. The van der Waals surface area contributed by atoms with Gasteiger partial charge in [0.05, 0.1) is 5.57 Å². The number of benzene rings is 1. The first-order valence-corrected chi connectivity index (χ1v) is 4.53. The highest BCUT2D eigenvalue weighted by atomic mass is 35.5. The molecule has 0 radical (unpaired) electrons. The summed E-state index contributed by atoms with van der Waals surface area (Å²) in [6.07, 6.45) is 1.35. The van der Waals surface area contributed by atoms with Gasteiger partial charge in [0.1, 0.15) is 0 Å². The molecule has 2 nitrogen and oxygen atoms in total. The van der Waals surface area contributed by atoms with Gasteiger partial charge >= 0.3 is 0 Å². The Kier molecular flexibility index (Phi) is 3.86. The van der Waals surface area contributed by atoms with Crippen molar-refractivity contribution < 1.29 is 9.59 Å². The van der Waals surface area contributed by atoms with Crippen molar-refractivity contribution in [3.63, 3.8) is 0 Å². The van der Waals surface area contributed by atoms with Gasteiger partial charge in [0.15, 0.2) is 0 Å². The first-order valence-electron chi connectivity index (χ1n) is 3.77. The smallest absolute Gasteiger partial charge is 0.257 e. The molecule has 14 heavy (non-hydrogen) atoms. The maximum atomic E-state index is 10.8. The van der Waals surface area contributed by atoms with Crippen molar-refractivity contribution in [1.29, 1.82) is 0 Å². The van der Waals surface area contributed by atoms with E-state index in [1.54, 1.807) is 24.3 Å². The normalized spacial score (nSPS) is 9.29. The third-order valence-electron chi connectivity index (χ3n) is 1.53. The third-order valence-corrected chi connectivity index (χ3v) is 1.94. The van der Waals surface area contributed by atoms with E-state index in [-0.39, 0.29) is 5.57 Å². The Morgan fingerprint density at radius 2 is 1.50 bits per heavy atom. The lowest BCUT2D eigenvalue weighted by atomic mass is 10.1. The van der Waals surface area contributed by atoms with E-state index in [0.717, 1.165) is 0 Å². The van der Waals surface area contributed by atoms with Gasteiger partial charge in [0, 0.05) is 0 Å². The van der Waals surface area contributed by atoms with E-state index in [2.05, 4.69) is 0 Å². The van der Waals surface area contributed by atoms with Crippen LogP contribution in [0.5, 0.6) is 0 Å². The first kappa shape index (κ1) is 11.0. The lowest BCUT2D eigenvalue weighted by Gasteiger charge is -1.95. The molecular weight excluding hydrogens is 223 g/mol. The second kappa shape index (κ2) is 4.94. The van der Waals surface area contributed by atoms with Crippen molar-refractivity contribution in [3.8, 4) is 0 Å². The van der Waals surface area contributed by atoms with E-state index in [1.165, 1.54) is 6.08 Å². The Bertz CT molecular complexity index is 366. The molecule has 0 aliphatic rings. The van der Waals surface area contributed by atoms with Gasteiger partial charge in [-0.25, -0.2) is 0 Å². The van der Waals surface area contributed by atoms with Gasteiger partial charge in [-0.15, -0.1) is 0 Å². The Morgan fingerprint density at radius 3 is 1.93 bits per heavy atom. The number of hydrogen-bond donors (Lipinski definition) is 0. The minimum absolute atomic E-state index is 0.223. The van der Waals surface area contributed by atoms with Crippen molar-refractivity contribution in [2.45, 2.75) is 0 Å². The van der Waals surface area contributed by atoms with E-state index < -0.39 is 10.5 Å². The molecule has 1 aromatic carbocycles. The van der Waals surface area contributed by atoms with Crippen LogP contribution in [0.2, 0.25) is 0 Å².